The van der Waals surface area contributed by atoms with Crippen LogP contribution in [-0.2, 0) is 6.54 Å². The molecule has 1 aromatic rings. The van der Waals surface area contributed by atoms with Crippen molar-refractivity contribution in [1.29, 1.82) is 0 Å². The normalized spacial score (nSPS) is 14.9. The predicted molar refractivity (Wildman–Crippen MR) is 70.4 cm³/mol. The summed E-state index contributed by atoms with van der Waals surface area (Å²) < 4.78 is 0. The van der Waals surface area contributed by atoms with Crippen LogP contribution in [0.4, 0.5) is 0 Å². The molecule has 1 nitrogen and oxygen atoms in total. The molecule has 0 amide bonds. The van der Waals surface area contributed by atoms with Crippen LogP contribution in [0.25, 0.3) is 0 Å². The van der Waals surface area contributed by atoms with E-state index in [1.165, 1.54) is 11.1 Å². The van der Waals surface area contributed by atoms with Gasteiger partial charge < -0.3 is 5.32 Å². The van der Waals surface area contributed by atoms with Crippen LogP contribution < -0.4 is 5.32 Å². The molecular formula is C13H20BrN. The highest BCUT2D eigenvalue weighted by Gasteiger charge is 2.09. The Kier molecular flexibility index (Phi) is 5.34. The van der Waals surface area contributed by atoms with Crippen molar-refractivity contribution in [3.05, 3.63) is 35.4 Å². The van der Waals surface area contributed by atoms with Gasteiger partial charge in [0, 0.05) is 17.9 Å². The van der Waals surface area contributed by atoms with Gasteiger partial charge in [0.05, 0.1) is 0 Å². The van der Waals surface area contributed by atoms with Gasteiger partial charge in [0.25, 0.3) is 0 Å². The first-order valence-corrected chi connectivity index (χ1v) is 6.61. The molecule has 1 N–H and O–H groups in total. The highest BCUT2D eigenvalue weighted by Crippen LogP contribution is 2.10. The van der Waals surface area contributed by atoms with E-state index < -0.39 is 0 Å². The Balaban J connectivity index is 2.47. The minimum atomic E-state index is 0.545. The fraction of sp³-hybridized carbons (Fsp3) is 0.538. The molecule has 2 unspecified atom stereocenters. The van der Waals surface area contributed by atoms with E-state index in [0.29, 0.717) is 12.0 Å². The van der Waals surface area contributed by atoms with Crippen LogP contribution in [0.1, 0.15) is 25.0 Å². The summed E-state index contributed by atoms with van der Waals surface area (Å²) in [5.74, 6) is 0.661. The zero-order valence-electron chi connectivity index (χ0n) is 9.76. The van der Waals surface area contributed by atoms with Gasteiger partial charge in [0.1, 0.15) is 0 Å². The quantitative estimate of drug-likeness (QED) is 0.807. The van der Waals surface area contributed by atoms with Crippen molar-refractivity contribution in [2.45, 2.75) is 33.4 Å². The van der Waals surface area contributed by atoms with Crippen molar-refractivity contribution in [1.82, 2.24) is 5.32 Å². The minimum absolute atomic E-state index is 0.545. The summed E-state index contributed by atoms with van der Waals surface area (Å²) in [6.45, 7) is 7.62. The lowest BCUT2D eigenvalue weighted by molar-refractivity contribution is 0.433. The van der Waals surface area contributed by atoms with Gasteiger partial charge in [-0.05, 0) is 30.9 Å². The first kappa shape index (κ1) is 12.7. The first-order chi connectivity index (χ1) is 7.15. The molecule has 0 aliphatic rings. The summed E-state index contributed by atoms with van der Waals surface area (Å²) in [6, 6.07) is 9.08. The Morgan fingerprint density at radius 2 is 1.93 bits per heavy atom. The van der Waals surface area contributed by atoms with Gasteiger partial charge in [-0.3, -0.25) is 0 Å². The van der Waals surface area contributed by atoms with E-state index in [9.17, 15) is 0 Å². The molecule has 0 heterocycles. The Bertz CT molecular complexity index is 298. The lowest BCUT2D eigenvalue weighted by Crippen LogP contribution is -2.32. The van der Waals surface area contributed by atoms with E-state index in [-0.39, 0.29) is 0 Å². The maximum Gasteiger partial charge on any atom is 0.0210 e. The average molecular weight is 270 g/mol. The third-order valence-electron chi connectivity index (χ3n) is 2.97. The molecule has 0 aliphatic carbocycles. The van der Waals surface area contributed by atoms with E-state index in [0.717, 1.165) is 11.9 Å². The topological polar surface area (TPSA) is 12.0 Å². The van der Waals surface area contributed by atoms with Crippen molar-refractivity contribution >= 4 is 15.9 Å². The monoisotopic (exact) mass is 269 g/mol. The van der Waals surface area contributed by atoms with Crippen molar-refractivity contribution < 1.29 is 0 Å². The molecule has 0 saturated carbocycles. The van der Waals surface area contributed by atoms with Gasteiger partial charge in [0.2, 0.25) is 0 Å². The number of aryl methyl sites for hydroxylation is 1. The molecule has 15 heavy (non-hydrogen) atoms. The third kappa shape index (κ3) is 3.96. The third-order valence-corrected chi connectivity index (χ3v) is 3.99. The van der Waals surface area contributed by atoms with Crippen LogP contribution in [0.2, 0.25) is 0 Å². The van der Waals surface area contributed by atoms with E-state index in [1.54, 1.807) is 0 Å². The van der Waals surface area contributed by atoms with Crippen LogP contribution in [0.3, 0.4) is 0 Å². The van der Waals surface area contributed by atoms with E-state index in [1.807, 2.05) is 0 Å². The molecule has 0 aliphatic heterocycles. The number of hydrogen-bond acceptors (Lipinski definition) is 1. The van der Waals surface area contributed by atoms with E-state index in [2.05, 4.69) is 66.3 Å². The van der Waals surface area contributed by atoms with Gasteiger partial charge >= 0.3 is 0 Å². The lowest BCUT2D eigenvalue weighted by Gasteiger charge is -2.19. The number of nitrogens with one attached hydrogen (secondary N) is 1. The van der Waals surface area contributed by atoms with Crippen molar-refractivity contribution in [2.24, 2.45) is 5.92 Å². The number of halogens is 1. The fourth-order valence-electron chi connectivity index (χ4n) is 1.41. The first-order valence-electron chi connectivity index (χ1n) is 5.49. The van der Waals surface area contributed by atoms with Crippen LogP contribution >= 0.6 is 15.9 Å². The second-order valence-corrected chi connectivity index (χ2v) is 4.88. The summed E-state index contributed by atoms with van der Waals surface area (Å²) in [6.07, 6.45) is 0. The number of alkyl halides is 1. The molecule has 84 valence electrons. The highest BCUT2D eigenvalue weighted by atomic mass is 79.9. The molecule has 0 spiro atoms. The average Bonchev–Trinajstić information content (AvgIpc) is 2.26. The lowest BCUT2D eigenvalue weighted by atomic mass is 10.0. The molecule has 0 radical (unpaired) electrons. The summed E-state index contributed by atoms with van der Waals surface area (Å²) in [5, 5.41) is 4.61. The molecular weight excluding hydrogens is 250 g/mol. The van der Waals surface area contributed by atoms with Crippen molar-refractivity contribution in [3.8, 4) is 0 Å². The van der Waals surface area contributed by atoms with Crippen LogP contribution in [0.15, 0.2) is 24.3 Å². The Morgan fingerprint density at radius 3 is 2.53 bits per heavy atom. The molecule has 0 bridgehead atoms. The maximum atomic E-state index is 3.56. The number of hydrogen-bond donors (Lipinski definition) is 1. The Morgan fingerprint density at radius 1 is 1.27 bits per heavy atom. The molecule has 2 heteroatoms. The summed E-state index contributed by atoms with van der Waals surface area (Å²) in [4.78, 5) is 0. The molecule has 1 aromatic carbocycles. The minimum Gasteiger partial charge on any atom is -0.310 e. The molecule has 2 atom stereocenters. The van der Waals surface area contributed by atoms with Crippen LogP contribution in [0, 0.1) is 12.8 Å². The SMILES string of the molecule is Cc1ccccc1CNC(C)C(C)CBr. The summed E-state index contributed by atoms with van der Waals surface area (Å²) in [5.41, 5.74) is 2.76. The second kappa shape index (κ2) is 6.29. The molecule has 0 saturated heterocycles. The van der Waals surface area contributed by atoms with Gasteiger partial charge in [-0.1, -0.05) is 47.1 Å². The molecule has 0 fully saturated rings. The van der Waals surface area contributed by atoms with E-state index in [4.69, 9.17) is 0 Å². The van der Waals surface area contributed by atoms with Gasteiger partial charge in [-0.25, -0.2) is 0 Å². The van der Waals surface area contributed by atoms with Crippen LogP contribution in [-0.4, -0.2) is 11.4 Å². The molecule has 0 aromatic heterocycles. The Labute approximate surface area is 101 Å². The van der Waals surface area contributed by atoms with Gasteiger partial charge in [-0.2, -0.15) is 0 Å². The zero-order chi connectivity index (χ0) is 11.3. The second-order valence-electron chi connectivity index (χ2n) is 4.23. The number of rotatable bonds is 5. The fourth-order valence-corrected chi connectivity index (χ4v) is 1.97. The van der Waals surface area contributed by atoms with Gasteiger partial charge in [0.15, 0.2) is 0 Å². The predicted octanol–water partition coefficient (Wildman–Crippen LogP) is 3.50. The summed E-state index contributed by atoms with van der Waals surface area (Å²) >= 11 is 3.52. The molecule has 1 rings (SSSR count). The number of benzene rings is 1. The van der Waals surface area contributed by atoms with Crippen molar-refractivity contribution in [2.75, 3.05) is 5.33 Å². The van der Waals surface area contributed by atoms with Crippen molar-refractivity contribution in [3.63, 3.8) is 0 Å². The highest BCUT2D eigenvalue weighted by molar-refractivity contribution is 9.09. The Hall–Kier alpha value is -0.340. The zero-order valence-corrected chi connectivity index (χ0v) is 11.3. The smallest absolute Gasteiger partial charge is 0.0210 e. The largest absolute Gasteiger partial charge is 0.310 e. The standard InChI is InChI=1S/C13H20BrN/c1-10-6-4-5-7-13(10)9-15-12(3)11(2)8-14/h4-7,11-12,15H,8-9H2,1-3H3. The van der Waals surface area contributed by atoms with Crippen LogP contribution in [0.5, 0.6) is 0 Å². The van der Waals surface area contributed by atoms with E-state index >= 15 is 0 Å². The van der Waals surface area contributed by atoms with Gasteiger partial charge in [-0.15, -0.1) is 0 Å². The maximum absolute atomic E-state index is 3.56. The summed E-state index contributed by atoms with van der Waals surface area (Å²) in [7, 11) is 0.